The first kappa shape index (κ1) is 15.0. The number of nitrogens with one attached hydrogen (secondary N) is 1. The van der Waals surface area contributed by atoms with Gasteiger partial charge in [-0.05, 0) is 55.4 Å². The number of thiocarbonyl (C=S) groups is 1. The standard InChI is InChI=1S/C16H22N2OS/c1-3-16(4-2,14(17)20)15(19)18-13-9-8-11-6-5-7-12(11)10-13/h8-10H,3-7H2,1-2H3,(H2,17,20)(H,18,19). The van der Waals surface area contributed by atoms with Crippen LogP contribution in [0.15, 0.2) is 18.2 Å². The van der Waals surface area contributed by atoms with Gasteiger partial charge in [-0.3, -0.25) is 4.79 Å². The molecular weight excluding hydrogens is 268 g/mol. The fourth-order valence-electron chi connectivity index (χ4n) is 2.93. The molecule has 0 atom stereocenters. The van der Waals surface area contributed by atoms with Gasteiger partial charge >= 0.3 is 0 Å². The molecule has 0 bridgehead atoms. The molecule has 108 valence electrons. The third-order valence-corrected chi connectivity index (χ3v) is 4.86. The van der Waals surface area contributed by atoms with Gasteiger partial charge in [0.05, 0.1) is 10.4 Å². The summed E-state index contributed by atoms with van der Waals surface area (Å²) in [6.07, 6.45) is 4.68. The second-order valence-corrected chi connectivity index (χ2v) is 5.88. The van der Waals surface area contributed by atoms with Crippen molar-refractivity contribution in [3.8, 4) is 0 Å². The molecule has 0 saturated carbocycles. The Morgan fingerprint density at radius 3 is 2.55 bits per heavy atom. The van der Waals surface area contributed by atoms with Gasteiger partial charge in [0, 0.05) is 5.69 Å². The molecule has 4 heteroatoms. The number of rotatable bonds is 5. The molecule has 1 aliphatic carbocycles. The quantitative estimate of drug-likeness (QED) is 0.819. The summed E-state index contributed by atoms with van der Waals surface area (Å²) >= 11 is 5.12. The maximum atomic E-state index is 12.6. The molecule has 0 fully saturated rings. The normalized spacial score (nSPS) is 13.9. The number of hydrogen-bond acceptors (Lipinski definition) is 2. The Labute approximate surface area is 125 Å². The summed E-state index contributed by atoms with van der Waals surface area (Å²) in [5.41, 5.74) is 8.65. The van der Waals surface area contributed by atoms with Gasteiger partial charge in [-0.15, -0.1) is 0 Å². The summed E-state index contributed by atoms with van der Waals surface area (Å²) in [7, 11) is 0. The van der Waals surface area contributed by atoms with Gasteiger partial charge in [-0.25, -0.2) is 0 Å². The molecule has 0 unspecified atom stereocenters. The molecular formula is C16H22N2OS. The van der Waals surface area contributed by atoms with Crippen molar-refractivity contribution in [3.63, 3.8) is 0 Å². The number of carbonyl (C=O) groups excluding carboxylic acids is 1. The van der Waals surface area contributed by atoms with Crippen molar-refractivity contribution in [1.82, 2.24) is 0 Å². The van der Waals surface area contributed by atoms with E-state index < -0.39 is 5.41 Å². The van der Waals surface area contributed by atoms with Gasteiger partial charge < -0.3 is 11.1 Å². The highest BCUT2D eigenvalue weighted by molar-refractivity contribution is 7.80. The fraction of sp³-hybridized carbons (Fsp3) is 0.500. The topological polar surface area (TPSA) is 55.1 Å². The van der Waals surface area contributed by atoms with Gasteiger partial charge in [-0.2, -0.15) is 0 Å². The smallest absolute Gasteiger partial charge is 0.237 e. The third-order valence-electron chi connectivity index (χ3n) is 4.47. The molecule has 1 aromatic carbocycles. The molecule has 0 aliphatic heterocycles. The third kappa shape index (κ3) is 2.57. The number of nitrogens with two attached hydrogens (primary N) is 1. The van der Waals surface area contributed by atoms with Crippen LogP contribution >= 0.6 is 12.2 Å². The summed E-state index contributed by atoms with van der Waals surface area (Å²) in [5, 5.41) is 2.99. The number of carbonyl (C=O) groups is 1. The fourth-order valence-corrected chi connectivity index (χ4v) is 3.31. The Morgan fingerprint density at radius 1 is 1.30 bits per heavy atom. The van der Waals surface area contributed by atoms with E-state index in [0.29, 0.717) is 12.8 Å². The van der Waals surface area contributed by atoms with Crippen molar-refractivity contribution < 1.29 is 4.79 Å². The highest BCUT2D eigenvalue weighted by Gasteiger charge is 2.38. The number of fused-ring (bicyclic) bond motifs is 1. The van der Waals surface area contributed by atoms with Crippen LogP contribution < -0.4 is 11.1 Å². The molecule has 2 rings (SSSR count). The number of anilines is 1. The summed E-state index contributed by atoms with van der Waals surface area (Å²) in [6.45, 7) is 3.90. The van der Waals surface area contributed by atoms with Crippen molar-refractivity contribution in [2.24, 2.45) is 11.1 Å². The minimum atomic E-state index is -0.742. The van der Waals surface area contributed by atoms with Gasteiger partial charge in [0.1, 0.15) is 0 Å². The van der Waals surface area contributed by atoms with Gasteiger partial charge in [0.15, 0.2) is 0 Å². The largest absolute Gasteiger partial charge is 0.392 e. The second-order valence-electron chi connectivity index (χ2n) is 5.44. The van der Waals surface area contributed by atoms with Crippen LogP contribution in [0.5, 0.6) is 0 Å². The highest BCUT2D eigenvalue weighted by Crippen LogP contribution is 2.30. The lowest BCUT2D eigenvalue weighted by Gasteiger charge is -2.29. The van der Waals surface area contributed by atoms with Crippen molar-refractivity contribution in [3.05, 3.63) is 29.3 Å². The van der Waals surface area contributed by atoms with Crippen LogP contribution in [0.25, 0.3) is 0 Å². The van der Waals surface area contributed by atoms with Gasteiger partial charge in [0.2, 0.25) is 5.91 Å². The van der Waals surface area contributed by atoms with Crippen LogP contribution in [0.1, 0.15) is 44.2 Å². The molecule has 1 amide bonds. The average Bonchev–Trinajstić information content (AvgIpc) is 2.87. The first-order valence-electron chi connectivity index (χ1n) is 7.26. The Morgan fingerprint density at radius 2 is 1.95 bits per heavy atom. The lowest BCUT2D eigenvalue weighted by Crippen LogP contribution is -2.45. The summed E-state index contributed by atoms with van der Waals surface area (Å²) < 4.78 is 0. The van der Waals surface area contributed by atoms with E-state index in [1.807, 2.05) is 19.9 Å². The first-order valence-corrected chi connectivity index (χ1v) is 7.67. The number of aryl methyl sites for hydroxylation is 2. The zero-order valence-corrected chi connectivity index (χ0v) is 13.0. The molecule has 20 heavy (non-hydrogen) atoms. The lowest BCUT2D eigenvalue weighted by molar-refractivity contribution is -0.122. The van der Waals surface area contributed by atoms with Crippen LogP contribution in [-0.4, -0.2) is 10.9 Å². The van der Waals surface area contributed by atoms with Crippen LogP contribution in [0.4, 0.5) is 5.69 Å². The second kappa shape index (κ2) is 5.92. The minimum Gasteiger partial charge on any atom is -0.392 e. The first-order chi connectivity index (χ1) is 9.53. The van der Waals surface area contributed by atoms with E-state index in [1.54, 1.807) is 0 Å². The predicted octanol–water partition coefficient (Wildman–Crippen LogP) is 3.21. The van der Waals surface area contributed by atoms with E-state index in [4.69, 9.17) is 18.0 Å². The highest BCUT2D eigenvalue weighted by atomic mass is 32.1. The van der Waals surface area contributed by atoms with Gasteiger partial charge in [-0.1, -0.05) is 32.1 Å². The summed E-state index contributed by atoms with van der Waals surface area (Å²) in [4.78, 5) is 12.8. The molecule has 1 aliphatic rings. The predicted molar refractivity (Wildman–Crippen MR) is 86.9 cm³/mol. The average molecular weight is 290 g/mol. The SMILES string of the molecule is CCC(CC)(C(=O)Nc1ccc2c(c1)CCC2)C(N)=S. The van der Waals surface area contributed by atoms with Crippen molar-refractivity contribution in [2.45, 2.75) is 46.0 Å². The van der Waals surface area contributed by atoms with Crippen LogP contribution in [-0.2, 0) is 17.6 Å². The zero-order chi connectivity index (χ0) is 14.8. The molecule has 0 radical (unpaired) electrons. The molecule has 0 spiro atoms. The maximum Gasteiger partial charge on any atom is 0.237 e. The van der Waals surface area contributed by atoms with Gasteiger partial charge in [0.25, 0.3) is 0 Å². The molecule has 0 heterocycles. The number of amides is 1. The van der Waals surface area contributed by atoms with Crippen molar-refractivity contribution >= 4 is 28.8 Å². The zero-order valence-electron chi connectivity index (χ0n) is 12.2. The van der Waals surface area contributed by atoms with Crippen LogP contribution in [0.2, 0.25) is 0 Å². The Kier molecular flexibility index (Phi) is 4.43. The van der Waals surface area contributed by atoms with E-state index in [2.05, 4.69) is 17.4 Å². The van der Waals surface area contributed by atoms with Crippen LogP contribution in [0, 0.1) is 5.41 Å². The van der Waals surface area contributed by atoms with E-state index in [1.165, 1.54) is 17.5 Å². The van der Waals surface area contributed by atoms with Crippen molar-refractivity contribution in [2.75, 3.05) is 5.32 Å². The van der Waals surface area contributed by atoms with E-state index >= 15 is 0 Å². The monoisotopic (exact) mass is 290 g/mol. The maximum absolute atomic E-state index is 12.6. The summed E-state index contributed by atoms with van der Waals surface area (Å²) in [6, 6.07) is 6.16. The van der Waals surface area contributed by atoms with Crippen LogP contribution in [0.3, 0.4) is 0 Å². The lowest BCUT2D eigenvalue weighted by atomic mass is 9.81. The Hall–Kier alpha value is -1.42. The Balaban J connectivity index is 2.20. The molecule has 0 saturated heterocycles. The van der Waals surface area contributed by atoms with Crippen molar-refractivity contribution in [1.29, 1.82) is 0 Å². The molecule has 0 aromatic heterocycles. The number of hydrogen-bond donors (Lipinski definition) is 2. The molecule has 3 N–H and O–H groups in total. The number of benzene rings is 1. The van der Waals surface area contributed by atoms with E-state index in [-0.39, 0.29) is 10.9 Å². The van der Waals surface area contributed by atoms with E-state index in [9.17, 15) is 4.79 Å². The van der Waals surface area contributed by atoms with E-state index in [0.717, 1.165) is 18.5 Å². The molecule has 1 aromatic rings. The molecule has 3 nitrogen and oxygen atoms in total. The Bertz CT molecular complexity index is 535. The summed E-state index contributed by atoms with van der Waals surface area (Å²) in [5.74, 6) is -0.0899. The minimum absolute atomic E-state index is 0.0899.